The maximum absolute atomic E-state index is 6.35. The molecule has 3 heteroatoms. The molecule has 0 bridgehead atoms. The second-order valence-corrected chi connectivity index (χ2v) is 10.5. The van der Waals surface area contributed by atoms with Crippen LogP contribution >= 0.6 is 11.6 Å². The predicted molar refractivity (Wildman–Crippen MR) is 150 cm³/mol. The summed E-state index contributed by atoms with van der Waals surface area (Å²) in [5, 5.41) is 3.40. The Morgan fingerprint density at radius 1 is 0.667 bits per heavy atom. The molecule has 3 atom stereocenters. The number of aromatic nitrogens is 2. The molecule has 6 aromatic rings. The van der Waals surface area contributed by atoms with E-state index in [1.54, 1.807) is 0 Å². The van der Waals surface area contributed by atoms with Crippen molar-refractivity contribution >= 4 is 33.4 Å². The first-order chi connectivity index (χ1) is 17.6. The highest BCUT2D eigenvalue weighted by atomic mass is 35.5. The van der Waals surface area contributed by atoms with Gasteiger partial charge in [0.1, 0.15) is 0 Å². The summed E-state index contributed by atoms with van der Waals surface area (Å²) in [4.78, 5) is 3.86. The molecule has 1 N–H and O–H groups in total. The van der Waals surface area contributed by atoms with Crippen LogP contribution in [0.2, 0.25) is 5.02 Å². The van der Waals surface area contributed by atoms with Gasteiger partial charge in [-0.2, -0.15) is 0 Å². The monoisotopic (exact) mass is 486 g/mol. The predicted octanol–water partition coefficient (Wildman–Crippen LogP) is 8.91. The second kappa shape index (κ2) is 8.15. The molecular weight excluding hydrogens is 460 g/mol. The molecule has 0 unspecified atom stereocenters. The van der Waals surface area contributed by atoms with Gasteiger partial charge >= 0.3 is 0 Å². The molecule has 0 spiro atoms. The number of benzene rings is 4. The fourth-order valence-corrected chi connectivity index (χ4v) is 6.76. The van der Waals surface area contributed by atoms with Gasteiger partial charge in [-0.1, -0.05) is 90.5 Å². The largest absolute Gasteiger partial charge is 0.356 e. The van der Waals surface area contributed by atoms with Crippen LogP contribution in [-0.2, 0) is 0 Å². The van der Waals surface area contributed by atoms with E-state index < -0.39 is 0 Å². The summed E-state index contributed by atoms with van der Waals surface area (Å²) < 4.78 is 2.62. The highest BCUT2D eigenvalue weighted by molar-refractivity contribution is 6.30. The van der Waals surface area contributed by atoms with Crippen LogP contribution < -0.4 is 0 Å². The van der Waals surface area contributed by atoms with Crippen LogP contribution in [0, 0.1) is 13.8 Å². The maximum atomic E-state index is 6.35. The maximum Gasteiger partial charge on any atom is 0.0819 e. The van der Waals surface area contributed by atoms with Crippen molar-refractivity contribution in [1.82, 2.24) is 9.55 Å². The Kier molecular flexibility index (Phi) is 4.87. The van der Waals surface area contributed by atoms with Gasteiger partial charge < -0.3 is 9.55 Å². The summed E-state index contributed by atoms with van der Waals surface area (Å²) in [6, 6.07) is 37.2. The van der Waals surface area contributed by atoms with Gasteiger partial charge in [0.05, 0.1) is 6.04 Å². The lowest BCUT2D eigenvalue weighted by Crippen LogP contribution is -2.17. The van der Waals surface area contributed by atoms with Crippen LogP contribution in [0.5, 0.6) is 0 Å². The molecule has 0 saturated carbocycles. The third-order valence-electron chi connectivity index (χ3n) is 8.20. The smallest absolute Gasteiger partial charge is 0.0819 e. The van der Waals surface area contributed by atoms with E-state index in [2.05, 4.69) is 114 Å². The minimum absolute atomic E-state index is 0.133. The lowest BCUT2D eigenvalue weighted by Gasteiger charge is -2.27. The number of H-pyrrole nitrogens is 1. The Bertz CT molecular complexity index is 1720. The van der Waals surface area contributed by atoms with E-state index in [0.717, 1.165) is 5.02 Å². The van der Waals surface area contributed by atoms with Crippen molar-refractivity contribution in [2.45, 2.75) is 31.7 Å². The molecule has 0 saturated heterocycles. The number of aromatic amines is 1. The number of para-hydroxylation sites is 2. The Morgan fingerprint density at radius 3 is 2.08 bits per heavy atom. The lowest BCUT2D eigenvalue weighted by atomic mass is 9.76. The number of aryl methyl sites for hydroxylation is 2. The zero-order valence-electron chi connectivity index (χ0n) is 20.4. The third-order valence-corrected chi connectivity index (χ3v) is 8.45. The molecule has 1 aliphatic heterocycles. The number of halogens is 1. The number of fused-ring (bicyclic) bond motifs is 4. The number of nitrogens with one attached hydrogen (secondary N) is 1. The van der Waals surface area contributed by atoms with Gasteiger partial charge in [-0.3, -0.25) is 0 Å². The molecule has 0 aliphatic carbocycles. The van der Waals surface area contributed by atoms with Gasteiger partial charge in [0, 0.05) is 50.1 Å². The molecule has 0 radical (unpaired) electrons. The standard InChI is InChI=1S/C33H27ClN2/c1-20-25-12-6-8-14-27(25)35-31(20)33-30(22-10-4-3-5-11-22)29(23-16-18-24(34)19-17-23)32-21(2)26-13-7-9-15-28(26)36(32)33/h3-19,29-30,33,35H,1-2H3/t29-,30-,33-/m1/s1. The summed E-state index contributed by atoms with van der Waals surface area (Å²) in [5.41, 5.74) is 10.5. The molecular formula is C33H27ClN2. The van der Waals surface area contributed by atoms with Crippen LogP contribution in [0.3, 0.4) is 0 Å². The van der Waals surface area contributed by atoms with Gasteiger partial charge in [-0.05, 0) is 60.4 Å². The average molecular weight is 487 g/mol. The minimum Gasteiger partial charge on any atom is -0.356 e. The van der Waals surface area contributed by atoms with Gasteiger partial charge in [-0.15, -0.1) is 0 Å². The highest BCUT2D eigenvalue weighted by Gasteiger charge is 2.46. The zero-order valence-corrected chi connectivity index (χ0v) is 21.1. The van der Waals surface area contributed by atoms with Crippen LogP contribution in [-0.4, -0.2) is 9.55 Å². The Labute approximate surface area is 216 Å². The van der Waals surface area contributed by atoms with Crippen molar-refractivity contribution in [3.63, 3.8) is 0 Å². The molecule has 0 fully saturated rings. The van der Waals surface area contributed by atoms with Gasteiger partial charge in [0.2, 0.25) is 0 Å². The van der Waals surface area contributed by atoms with E-state index in [0.29, 0.717) is 0 Å². The lowest BCUT2D eigenvalue weighted by molar-refractivity contribution is 0.520. The summed E-state index contributed by atoms with van der Waals surface area (Å²) in [5.74, 6) is 0.435. The Hall–Kier alpha value is -3.75. The van der Waals surface area contributed by atoms with Crippen LogP contribution in [0.15, 0.2) is 103 Å². The topological polar surface area (TPSA) is 20.7 Å². The SMILES string of the molecule is Cc1c([C@H]2[C@H](c3ccccc3)[C@@H](c3ccc(Cl)cc3)c3c(C)c4ccccc4n32)[nH]c2ccccc12. The zero-order chi connectivity index (χ0) is 24.4. The Balaban J connectivity index is 1.59. The molecule has 0 amide bonds. The first-order valence-corrected chi connectivity index (χ1v) is 13.0. The molecule has 1 aliphatic rings. The molecule has 36 heavy (non-hydrogen) atoms. The number of rotatable bonds is 3. The van der Waals surface area contributed by atoms with Crippen molar-refractivity contribution in [3.8, 4) is 0 Å². The Morgan fingerprint density at radius 2 is 1.33 bits per heavy atom. The van der Waals surface area contributed by atoms with Crippen LogP contribution in [0.4, 0.5) is 0 Å². The average Bonchev–Trinajstić information content (AvgIpc) is 3.53. The van der Waals surface area contributed by atoms with Crippen molar-refractivity contribution < 1.29 is 0 Å². The van der Waals surface area contributed by atoms with E-state index in [1.807, 2.05) is 12.1 Å². The van der Waals surface area contributed by atoms with Gasteiger partial charge in [0.15, 0.2) is 0 Å². The third kappa shape index (κ3) is 3.04. The van der Waals surface area contributed by atoms with Crippen LogP contribution in [0.25, 0.3) is 21.8 Å². The molecule has 7 rings (SSSR count). The van der Waals surface area contributed by atoms with Crippen molar-refractivity contribution in [2.75, 3.05) is 0 Å². The van der Waals surface area contributed by atoms with Crippen molar-refractivity contribution in [1.29, 1.82) is 0 Å². The van der Waals surface area contributed by atoms with Crippen molar-refractivity contribution in [3.05, 3.63) is 142 Å². The highest BCUT2D eigenvalue weighted by Crippen LogP contribution is 2.57. The minimum atomic E-state index is 0.133. The molecule has 3 heterocycles. The van der Waals surface area contributed by atoms with E-state index in [1.165, 1.54) is 55.4 Å². The molecule has 2 nitrogen and oxygen atoms in total. The number of hydrogen-bond donors (Lipinski definition) is 1. The summed E-state index contributed by atoms with van der Waals surface area (Å²) >= 11 is 6.35. The van der Waals surface area contributed by atoms with Crippen molar-refractivity contribution in [2.24, 2.45) is 0 Å². The molecule has 2 aromatic heterocycles. The first-order valence-electron chi connectivity index (χ1n) is 12.6. The summed E-state index contributed by atoms with van der Waals surface area (Å²) in [6.45, 7) is 4.56. The summed E-state index contributed by atoms with van der Waals surface area (Å²) in [6.07, 6.45) is 0. The fraction of sp³-hybridized carbons (Fsp3) is 0.152. The van der Waals surface area contributed by atoms with E-state index in [9.17, 15) is 0 Å². The molecule has 176 valence electrons. The molecule has 4 aromatic carbocycles. The van der Waals surface area contributed by atoms with Crippen LogP contribution in [0.1, 0.15) is 51.5 Å². The first kappa shape index (κ1) is 21.5. The second-order valence-electron chi connectivity index (χ2n) is 10.0. The quantitative estimate of drug-likeness (QED) is 0.258. The van der Waals surface area contributed by atoms with Gasteiger partial charge in [-0.25, -0.2) is 0 Å². The number of hydrogen-bond acceptors (Lipinski definition) is 0. The van der Waals surface area contributed by atoms with E-state index in [-0.39, 0.29) is 17.9 Å². The normalized spacial score (nSPS) is 19.2. The van der Waals surface area contributed by atoms with E-state index in [4.69, 9.17) is 11.6 Å². The van der Waals surface area contributed by atoms with E-state index >= 15 is 0 Å². The van der Waals surface area contributed by atoms with Gasteiger partial charge in [0.25, 0.3) is 0 Å². The fourth-order valence-electron chi connectivity index (χ4n) is 6.64. The number of nitrogens with zero attached hydrogens (tertiary/aromatic N) is 1. The summed E-state index contributed by atoms with van der Waals surface area (Å²) in [7, 11) is 0.